The van der Waals surface area contributed by atoms with Crippen LogP contribution in [0.5, 0.6) is 5.75 Å². The Labute approximate surface area is 134 Å². The Kier molecular flexibility index (Phi) is 5.82. The van der Waals surface area contributed by atoms with Crippen molar-refractivity contribution in [3.63, 3.8) is 0 Å². The second-order valence-corrected chi connectivity index (χ2v) is 5.83. The number of phenols is 1. The van der Waals surface area contributed by atoms with Gasteiger partial charge in [0.25, 0.3) is 10.1 Å². The van der Waals surface area contributed by atoms with Gasteiger partial charge in [-0.15, -0.1) is 0 Å². The van der Waals surface area contributed by atoms with E-state index in [1.807, 2.05) is 24.3 Å². The van der Waals surface area contributed by atoms with Crippen LogP contribution < -0.4 is 0 Å². The number of hydrogen-bond donors (Lipinski definition) is 2. The van der Waals surface area contributed by atoms with E-state index in [0.29, 0.717) is 12.8 Å². The molecule has 0 unspecified atom stereocenters. The van der Waals surface area contributed by atoms with Crippen molar-refractivity contribution in [2.24, 2.45) is 0 Å². The normalized spacial score (nSPS) is 11.2. The van der Waals surface area contributed by atoms with Crippen LogP contribution in [0, 0.1) is 0 Å². The van der Waals surface area contributed by atoms with E-state index >= 15 is 0 Å². The Balaban J connectivity index is 0.00000180. The summed E-state index contributed by atoms with van der Waals surface area (Å²) in [4.78, 5) is 0. The molecular weight excluding hydrogens is 275 g/mol. The molecule has 2 aromatic carbocycles. The first kappa shape index (κ1) is 16.5. The van der Waals surface area contributed by atoms with Crippen LogP contribution in [0.3, 0.4) is 0 Å². The van der Waals surface area contributed by atoms with E-state index in [2.05, 4.69) is 0 Å². The van der Waals surface area contributed by atoms with E-state index in [1.54, 1.807) is 12.1 Å². The summed E-state index contributed by atoms with van der Waals surface area (Å²) in [5.74, 6) is -0.0250. The predicted octanol–water partition coefficient (Wildman–Crippen LogP) is 1.72. The van der Waals surface area contributed by atoms with Crippen LogP contribution in [0.2, 0.25) is 0 Å². The minimum absolute atomic E-state index is 0. The van der Waals surface area contributed by atoms with Crippen molar-refractivity contribution in [2.75, 3.05) is 5.75 Å². The van der Waals surface area contributed by atoms with Crippen LogP contribution >= 0.6 is 0 Å². The number of phenolic OH excluding ortho intramolecular Hbond substituents is 1. The Hall–Kier alpha value is -0.590. The third kappa shape index (κ3) is 5.12. The van der Waals surface area contributed by atoms with Crippen LogP contribution in [0.4, 0.5) is 0 Å². The Bertz CT molecular complexity index is 667. The van der Waals surface area contributed by atoms with Gasteiger partial charge in [0, 0.05) is 0 Å². The Morgan fingerprint density at radius 2 is 1.68 bits per heavy atom. The molecule has 6 heteroatoms. The van der Waals surface area contributed by atoms with Gasteiger partial charge in [0.2, 0.25) is 0 Å². The molecule has 0 spiro atoms. The van der Waals surface area contributed by atoms with E-state index in [-0.39, 0.29) is 41.1 Å². The molecule has 0 fully saturated rings. The third-order valence-electron chi connectivity index (χ3n) is 2.76. The average Bonchev–Trinajstić information content (AvgIpc) is 2.26. The monoisotopic (exact) mass is 290 g/mol. The number of benzene rings is 2. The molecular formula is C13H15NaO4S. The summed E-state index contributed by atoms with van der Waals surface area (Å²) in [7, 11) is -3.88. The van der Waals surface area contributed by atoms with Crippen LogP contribution in [0.25, 0.3) is 10.8 Å². The van der Waals surface area contributed by atoms with Crippen molar-refractivity contribution in [2.45, 2.75) is 12.8 Å². The molecule has 0 aliphatic carbocycles. The molecule has 2 N–H and O–H groups in total. The molecule has 0 heterocycles. The van der Waals surface area contributed by atoms with Gasteiger partial charge in [0.15, 0.2) is 0 Å². The third-order valence-corrected chi connectivity index (χ3v) is 3.56. The number of fused-ring (bicyclic) bond motifs is 1. The summed E-state index contributed by atoms with van der Waals surface area (Å²) in [6.45, 7) is 0. The summed E-state index contributed by atoms with van der Waals surface area (Å²) >= 11 is 0. The number of rotatable bonds is 4. The predicted molar refractivity (Wildman–Crippen MR) is 77.5 cm³/mol. The van der Waals surface area contributed by atoms with Crippen molar-refractivity contribution in [1.29, 1.82) is 0 Å². The first-order valence-electron chi connectivity index (χ1n) is 5.61. The van der Waals surface area contributed by atoms with Crippen LogP contribution in [0.1, 0.15) is 12.0 Å². The molecule has 0 saturated heterocycles. The topological polar surface area (TPSA) is 74.6 Å². The summed E-state index contributed by atoms with van der Waals surface area (Å²) < 4.78 is 29.8. The van der Waals surface area contributed by atoms with Crippen molar-refractivity contribution in [3.05, 3.63) is 42.0 Å². The number of hydrogen-bond acceptors (Lipinski definition) is 3. The van der Waals surface area contributed by atoms with Crippen molar-refractivity contribution in [3.8, 4) is 5.75 Å². The Morgan fingerprint density at radius 1 is 1.00 bits per heavy atom. The molecule has 0 aliphatic rings. The maximum absolute atomic E-state index is 10.6. The fraction of sp³-hybridized carbons (Fsp3) is 0.231. The second kappa shape index (κ2) is 6.72. The molecule has 19 heavy (non-hydrogen) atoms. The van der Waals surface area contributed by atoms with Gasteiger partial charge in [0.05, 0.1) is 5.75 Å². The minimum atomic E-state index is -3.88. The standard InChI is InChI=1S/C13H14O4S.Na.H/c14-13-6-5-11-4-3-10(8-12(11)9-13)2-1-7-18(15,16)17;;/h3-6,8-9,14H,1-2,7H2,(H,15,16,17);;. The van der Waals surface area contributed by atoms with E-state index in [4.69, 9.17) is 4.55 Å². The number of aromatic hydroxyl groups is 1. The summed E-state index contributed by atoms with van der Waals surface area (Å²) in [6, 6.07) is 10.9. The molecule has 0 saturated carbocycles. The molecule has 2 aromatic rings. The van der Waals surface area contributed by atoms with Gasteiger partial charge in [-0.1, -0.05) is 24.3 Å². The van der Waals surface area contributed by atoms with Crippen LogP contribution in [-0.4, -0.2) is 53.4 Å². The number of aryl methyl sites for hydroxylation is 1. The van der Waals surface area contributed by atoms with Crippen LogP contribution in [0.15, 0.2) is 36.4 Å². The summed E-state index contributed by atoms with van der Waals surface area (Å²) in [5, 5.41) is 11.3. The first-order valence-corrected chi connectivity index (χ1v) is 7.22. The molecule has 0 bridgehead atoms. The molecule has 0 aliphatic heterocycles. The summed E-state index contributed by atoms with van der Waals surface area (Å²) in [5.41, 5.74) is 0.983. The average molecular weight is 290 g/mol. The fourth-order valence-corrected chi connectivity index (χ4v) is 2.41. The van der Waals surface area contributed by atoms with Crippen molar-refractivity contribution >= 4 is 50.4 Å². The molecule has 0 amide bonds. The van der Waals surface area contributed by atoms with E-state index in [9.17, 15) is 13.5 Å². The molecule has 4 nitrogen and oxygen atoms in total. The van der Waals surface area contributed by atoms with Gasteiger partial charge in [-0.3, -0.25) is 4.55 Å². The zero-order valence-electron chi connectivity index (χ0n) is 9.70. The quantitative estimate of drug-likeness (QED) is 0.664. The van der Waals surface area contributed by atoms with Gasteiger partial charge in [-0.25, -0.2) is 0 Å². The van der Waals surface area contributed by atoms with Crippen LogP contribution in [-0.2, 0) is 16.5 Å². The zero-order chi connectivity index (χ0) is 13.2. The molecule has 0 aromatic heterocycles. The second-order valence-electron chi connectivity index (χ2n) is 4.26. The van der Waals surface area contributed by atoms with Gasteiger partial charge < -0.3 is 5.11 Å². The van der Waals surface area contributed by atoms with Gasteiger partial charge in [-0.05, 0) is 41.3 Å². The van der Waals surface area contributed by atoms with Gasteiger partial charge >= 0.3 is 29.6 Å². The zero-order valence-corrected chi connectivity index (χ0v) is 10.5. The van der Waals surface area contributed by atoms with E-state index in [1.165, 1.54) is 0 Å². The first-order chi connectivity index (χ1) is 8.44. The summed E-state index contributed by atoms with van der Waals surface area (Å²) in [6.07, 6.45) is 0.953. The van der Waals surface area contributed by atoms with Gasteiger partial charge in [0.1, 0.15) is 5.75 Å². The SMILES string of the molecule is O=S(=O)(O)CCCc1ccc2ccc(O)cc2c1.[NaH]. The van der Waals surface area contributed by atoms with Gasteiger partial charge in [-0.2, -0.15) is 8.42 Å². The Morgan fingerprint density at radius 3 is 2.37 bits per heavy atom. The van der Waals surface area contributed by atoms with E-state index < -0.39 is 10.1 Å². The fourth-order valence-electron chi connectivity index (χ4n) is 1.90. The maximum atomic E-state index is 10.6. The van der Waals surface area contributed by atoms with E-state index in [0.717, 1.165) is 16.3 Å². The molecule has 0 radical (unpaired) electrons. The molecule has 98 valence electrons. The van der Waals surface area contributed by atoms with Crippen molar-refractivity contribution < 1.29 is 18.1 Å². The molecule has 0 atom stereocenters. The van der Waals surface area contributed by atoms with Crippen molar-refractivity contribution in [1.82, 2.24) is 0 Å². The molecule has 2 rings (SSSR count).